The molecule has 1 amide bonds. The molecule has 0 aliphatic heterocycles. The smallest absolute Gasteiger partial charge is 0.231 e. The monoisotopic (exact) mass is 394 g/mol. The van der Waals surface area contributed by atoms with E-state index in [4.69, 9.17) is 4.74 Å². The third-order valence-electron chi connectivity index (χ3n) is 5.57. The molecule has 7 heteroatoms. The number of carbonyl (C=O) groups excluding carboxylic acids is 1. The molecule has 1 fully saturated rings. The van der Waals surface area contributed by atoms with Crippen molar-refractivity contribution < 1.29 is 13.9 Å². The first-order valence-corrected chi connectivity index (χ1v) is 9.71. The van der Waals surface area contributed by atoms with Gasteiger partial charge in [-0.25, -0.2) is 9.37 Å². The van der Waals surface area contributed by atoms with E-state index in [0.29, 0.717) is 11.6 Å². The zero-order valence-corrected chi connectivity index (χ0v) is 16.2. The van der Waals surface area contributed by atoms with Gasteiger partial charge in [0.2, 0.25) is 5.91 Å². The highest BCUT2D eigenvalue weighted by Crippen LogP contribution is 2.41. The van der Waals surface area contributed by atoms with E-state index >= 15 is 0 Å². The first kappa shape index (κ1) is 19.1. The van der Waals surface area contributed by atoms with Gasteiger partial charge in [-0.2, -0.15) is 5.10 Å². The van der Waals surface area contributed by atoms with E-state index in [-0.39, 0.29) is 18.3 Å². The minimum absolute atomic E-state index is 0.0944. The van der Waals surface area contributed by atoms with Crippen molar-refractivity contribution in [1.29, 1.82) is 0 Å². The fourth-order valence-corrected chi connectivity index (χ4v) is 3.99. The Hall–Kier alpha value is -3.22. The molecule has 29 heavy (non-hydrogen) atoms. The molecule has 0 atom stereocenters. The van der Waals surface area contributed by atoms with Crippen LogP contribution in [0.4, 0.5) is 4.39 Å². The largest absolute Gasteiger partial charge is 0.497 e. The van der Waals surface area contributed by atoms with Crippen LogP contribution in [0.25, 0.3) is 11.4 Å². The molecular weight excluding hydrogens is 371 g/mol. The quantitative estimate of drug-likeness (QED) is 0.667. The van der Waals surface area contributed by atoms with Crippen LogP contribution in [0.5, 0.6) is 5.75 Å². The SMILES string of the molecule is COc1ccc(-c2n[nH]c(CNC(=O)C3(c4cccc(F)c4)CCCC3)n2)cc1. The van der Waals surface area contributed by atoms with Crippen molar-refractivity contribution in [1.82, 2.24) is 20.5 Å². The van der Waals surface area contributed by atoms with Gasteiger partial charge in [-0.3, -0.25) is 9.89 Å². The number of benzene rings is 2. The fourth-order valence-electron chi connectivity index (χ4n) is 3.99. The number of methoxy groups -OCH3 is 1. The minimum Gasteiger partial charge on any atom is -0.497 e. The molecule has 1 aliphatic rings. The Morgan fingerprint density at radius 2 is 1.97 bits per heavy atom. The summed E-state index contributed by atoms with van der Waals surface area (Å²) in [6.07, 6.45) is 3.34. The van der Waals surface area contributed by atoms with E-state index in [1.807, 2.05) is 30.3 Å². The maximum Gasteiger partial charge on any atom is 0.231 e. The Balaban J connectivity index is 1.47. The van der Waals surface area contributed by atoms with Gasteiger partial charge in [-0.05, 0) is 54.8 Å². The van der Waals surface area contributed by atoms with Crippen LogP contribution in [-0.4, -0.2) is 28.2 Å². The highest BCUT2D eigenvalue weighted by molar-refractivity contribution is 5.88. The Labute approximate surface area is 168 Å². The summed E-state index contributed by atoms with van der Waals surface area (Å²) in [6, 6.07) is 13.8. The van der Waals surface area contributed by atoms with Gasteiger partial charge < -0.3 is 10.1 Å². The van der Waals surface area contributed by atoms with Gasteiger partial charge in [0.25, 0.3) is 0 Å². The summed E-state index contributed by atoms with van der Waals surface area (Å²) < 4.78 is 18.9. The lowest BCUT2D eigenvalue weighted by Crippen LogP contribution is -2.42. The molecule has 150 valence electrons. The molecule has 1 aromatic heterocycles. The molecule has 2 N–H and O–H groups in total. The van der Waals surface area contributed by atoms with Gasteiger partial charge in [-0.15, -0.1) is 0 Å². The molecule has 6 nitrogen and oxygen atoms in total. The molecule has 2 aromatic carbocycles. The van der Waals surface area contributed by atoms with Crippen LogP contribution in [0.1, 0.15) is 37.1 Å². The number of ether oxygens (including phenoxy) is 1. The van der Waals surface area contributed by atoms with E-state index in [0.717, 1.165) is 42.6 Å². The lowest BCUT2D eigenvalue weighted by Gasteiger charge is -2.28. The van der Waals surface area contributed by atoms with E-state index in [1.165, 1.54) is 12.1 Å². The number of aromatic nitrogens is 3. The van der Waals surface area contributed by atoms with Crippen LogP contribution in [0, 0.1) is 5.82 Å². The zero-order valence-electron chi connectivity index (χ0n) is 16.2. The number of rotatable bonds is 6. The van der Waals surface area contributed by atoms with E-state index in [1.54, 1.807) is 13.2 Å². The summed E-state index contributed by atoms with van der Waals surface area (Å²) in [5.74, 6) is 1.47. The van der Waals surface area contributed by atoms with E-state index in [9.17, 15) is 9.18 Å². The summed E-state index contributed by atoms with van der Waals surface area (Å²) in [7, 11) is 1.61. The predicted molar refractivity (Wildman–Crippen MR) is 107 cm³/mol. The first-order valence-electron chi connectivity index (χ1n) is 9.71. The second kappa shape index (κ2) is 8.03. The molecule has 1 saturated carbocycles. The van der Waals surface area contributed by atoms with Crippen LogP contribution in [-0.2, 0) is 16.8 Å². The summed E-state index contributed by atoms with van der Waals surface area (Å²) in [5, 5.41) is 10.1. The molecule has 4 rings (SSSR count). The zero-order chi connectivity index (χ0) is 20.3. The summed E-state index contributed by atoms with van der Waals surface area (Å²) in [5.41, 5.74) is 0.914. The van der Waals surface area contributed by atoms with Gasteiger partial charge >= 0.3 is 0 Å². The van der Waals surface area contributed by atoms with Gasteiger partial charge in [-0.1, -0.05) is 25.0 Å². The highest BCUT2D eigenvalue weighted by atomic mass is 19.1. The lowest BCUT2D eigenvalue weighted by atomic mass is 9.78. The number of hydrogen-bond acceptors (Lipinski definition) is 4. The Kier molecular flexibility index (Phi) is 5.29. The number of carbonyl (C=O) groups is 1. The summed E-state index contributed by atoms with van der Waals surface area (Å²) in [6.45, 7) is 0.235. The molecule has 0 unspecified atom stereocenters. The number of halogens is 1. The number of aromatic amines is 1. The van der Waals surface area contributed by atoms with Crippen LogP contribution in [0.15, 0.2) is 48.5 Å². The van der Waals surface area contributed by atoms with Gasteiger partial charge in [0.1, 0.15) is 17.4 Å². The van der Waals surface area contributed by atoms with Crippen molar-refractivity contribution in [3.05, 3.63) is 65.7 Å². The first-order chi connectivity index (χ1) is 14.1. The second-order valence-corrected chi connectivity index (χ2v) is 7.32. The van der Waals surface area contributed by atoms with Crippen molar-refractivity contribution in [3.8, 4) is 17.1 Å². The Morgan fingerprint density at radius 1 is 1.21 bits per heavy atom. The van der Waals surface area contributed by atoms with Gasteiger partial charge in [0.05, 0.1) is 19.1 Å². The molecule has 1 heterocycles. The molecular formula is C22H23FN4O2. The van der Waals surface area contributed by atoms with Gasteiger partial charge in [0.15, 0.2) is 5.82 Å². The van der Waals surface area contributed by atoms with E-state index in [2.05, 4.69) is 20.5 Å². The Bertz CT molecular complexity index is 994. The number of nitrogens with one attached hydrogen (secondary N) is 2. The average Bonchev–Trinajstić information content (AvgIpc) is 3.43. The molecule has 3 aromatic rings. The topological polar surface area (TPSA) is 79.9 Å². The standard InChI is InChI=1S/C22H23FN4O2/c1-29-18-9-7-15(8-10-18)20-25-19(26-27-20)14-24-21(28)22(11-2-3-12-22)16-5-4-6-17(23)13-16/h4-10,13H,2-3,11-12,14H2,1H3,(H,24,28)(H,25,26,27). The predicted octanol–water partition coefficient (Wildman–Crippen LogP) is 3.75. The van der Waals surface area contributed by atoms with Crippen molar-refractivity contribution in [2.24, 2.45) is 0 Å². The summed E-state index contributed by atoms with van der Waals surface area (Å²) in [4.78, 5) is 17.6. The van der Waals surface area contributed by atoms with Crippen LogP contribution >= 0.6 is 0 Å². The van der Waals surface area contributed by atoms with Crippen molar-refractivity contribution in [3.63, 3.8) is 0 Å². The highest BCUT2D eigenvalue weighted by Gasteiger charge is 2.42. The molecule has 0 saturated heterocycles. The third-order valence-corrected chi connectivity index (χ3v) is 5.57. The fraction of sp³-hybridized carbons (Fsp3) is 0.318. The number of amides is 1. The van der Waals surface area contributed by atoms with Crippen molar-refractivity contribution in [2.45, 2.75) is 37.6 Å². The van der Waals surface area contributed by atoms with Crippen molar-refractivity contribution >= 4 is 5.91 Å². The summed E-state index contributed by atoms with van der Waals surface area (Å²) >= 11 is 0. The molecule has 0 bridgehead atoms. The minimum atomic E-state index is -0.680. The maximum atomic E-state index is 13.8. The second-order valence-electron chi connectivity index (χ2n) is 7.32. The van der Waals surface area contributed by atoms with Crippen LogP contribution in [0.3, 0.4) is 0 Å². The third kappa shape index (κ3) is 3.85. The van der Waals surface area contributed by atoms with Crippen LogP contribution < -0.4 is 10.1 Å². The van der Waals surface area contributed by atoms with E-state index < -0.39 is 5.41 Å². The molecule has 0 radical (unpaired) electrons. The average molecular weight is 394 g/mol. The molecule has 1 aliphatic carbocycles. The van der Waals surface area contributed by atoms with Crippen molar-refractivity contribution in [2.75, 3.05) is 7.11 Å². The molecule has 0 spiro atoms. The number of nitrogens with zero attached hydrogens (tertiary/aromatic N) is 2. The Morgan fingerprint density at radius 3 is 2.66 bits per heavy atom. The normalized spacial score (nSPS) is 15.2. The van der Waals surface area contributed by atoms with Crippen LogP contribution in [0.2, 0.25) is 0 Å². The number of H-pyrrole nitrogens is 1. The lowest BCUT2D eigenvalue weighted by molar-refractivity contribution is -0.126. The number of hydrogen-bond donors (Lipinski definition) is 2. The van der Waals surface area contributed by atoms with Gasteiger partial charge in [0, 0.05) is 5.56 Å². The maximum absolute atomic E-state index is 13.8.